The predicted octanol–water partition coefficient (Wildman–Crippen LogP) is 4.59. The Hall–Kier alpha value is -2.71. The molecule has 5 rings (SSSR count). The van der Waals surface area contributed by atoms with Crippen molar-refractivity contribution in [1.82, 2.24) is 9.21 Å². The Morgan fingerprint density at radius 2 is 1.68 bits per heavy atom. The number of aliphatic hydroxyl groups is 1. The van der Waals surface area contributed by atoms with Gasteiger partial charge in [0.05, 0.1) is 18.6 Å². The molecule has 196 valence electrons. The van der Waals surface area contributed by atoms with Crippen LogP contribution < -0.4 is 4.74 Å². The average molecular weight is 521 g/mol. The SMILES string of the molecule is COc1ccc(-c2ccc(C3C(CO)N4CCCCN(S(=O)(=O)c5ccccc5C)C[C@@H]34)cc2)c(C)c1. The summed E-state index contributed by atoms with van der Waals surface area (Å²) in [6, 6.07) is 21.9. The summed E-state index contributed by atoms with van der Waals surface area (Å²) in [6.07, 6.45) is 1.72. The average Bonchev–Trinajstić information content (AvgIpc) is 2.88. The summed E-state index contributed by atoms with van der Waals surface area (Å²) in [7, 11) is -1.93. The van der Waals surface area contributed by atoms with Crippen LogP contribution in [-0.4, -0.2) is 68.2 Å². The lowest BCUT2D eigenvalue weighted by molar-refractivity contribution is -0.0553. The van der Waals surface area contributed by atoms with E-state index in [1.165, 1.54) is 0 Å². The first kappa shape index (κ1) is 25.9. The molecule has 0 radical (unpaired) electrons. The molecular weight excluding hydrogens is 484 g/mol. The third kappa shape index (κ3) is 4.81. The molecule has 3 aromatic carbocycles. The van der Waals surface area contributed by atoms with Gasteiger partial charge in [-0.1, -0.05) is 48.5 Å². The number of aryl methyl sites for hydroxylation is 2. The number of aliphatic hydroxyl groups excluding tert-OH is 1. The molecule has 0 spiro atoms. The second-order valence-electron chi connectivity index (χ2n) is 10.2. The van der Waals surface area contributed by atoms with Crippen LogP contribution in [0.5, 0.6) is 5.75 Å². The summed E-state index contributed by atoms with van der Waals surface area (Å²) >= 11 is 0. The maximum Gasteiger partial charge on any atom is 0.243 e. The van der Waals surface area contributed by atoms with Crippen molar-refractivity contribution in [2.75, 3.05) is 33.4 Å². The zero-order chi connectivity index (χ0) is 26.2. The van der Waals surface area contributed by atoms with Crippen molar-refractivity contribution < 1.29 is 18.3 Å². The number of hydrogen-bond donors (Lipinski definition) is 1. The Labute approximate surface area is 220 Å². The predicted molar refractivity (Wildman–Crippen MR) is 146 cm³/mol. The maximum absolute atomic E-state index is 13.7. The van der Waals surface area contributed by atoms with Crippen molar-refractivity contribution in [2.45, 2.75) is 49.6 Å². The molecule has 0 amide bonds. The number of methoxy groups -OCH3 is 1. The lowest BCUT2D eigenvalue weighted by Gasteiger charge is -2.57. The first-order valence-corrected chi connectivity index (χ1v) is 14.5. The highest BCUT2D eigenvalue weighted by atomic mass is 32.2. The van der Waals surface area contributed by atoms with Crippen LogP contribution in [0.2, 0.25) is 0 Å². The van der Waals surface area contributed by atoms with Gasteiger partial charge in [0.25, 0.3) is 0 Å². The highest BCUT2D eigenvalue weighted by molar-refractivity contribution is 7.89. The number of sulfonamides is 1. The number of nitrogens with zero attached hydrogens (tertiary/aromatic N) is 2. The molecule has 6 nitrogen and oxygen atoms in total. The van der Waals surface area contributed by atoms with Gasteiger partial charge in [-0.15, -0.1) is 0 Å². The van der Waals surface area contributed by atoms with Gasteiger partial charge in [-0.05, 0) is 79.3 Å². The summed E-state index contributed by atoms with van der Waals surface area (Å²) in [5.74, 6) is 0.913. The fraction of sp³-hybridized carbons (Fsp3) is 0.400. The largest absolute Gasteiger partial charge is 0.497 e. The van der Waals surface area contributed by atoms with E-state index in [9.17, 15) is 13.5 Å². The van der Waals surface area contributed by atoms with E-state index >= 15 is 0 Å². The number of rotatable bonds is 6. The molecule has 0 aliphatic carbocycles. The number of benzene rings is 3. The lowest BCUT2D eigenvalue weighted by atomic mass is 9.74. The molecule has 3 aromatic rings. The Balaban J connectivity index is 1.43. The van der Waals surface area contributed by atoms with Crippen molar-refractivity contribution in [3.63, 3.8) is 0 Å². The first-order chi connectivity index (χ1) is 17.8. The van der Waals surface area contributed by atoms with Gasteiger partial charge in [0.15, 0.2) is 0 Å². The van der Waals surface area contributed by atoms with Crippen LogP contribution in [0.15, 0.2) is 71.6 Å². The minimum absolute atomic E-state index is 0.000289. The van der Waals surface area contributed by atoms with E-state index in [4.69, 9.17) is 4.74 Å². The Morgan fingerprint density at radius 1 is 0.946 bits per heavy atom. The molecule has 2 saturated heterocycles. The van der Waals surface area contributed by atoms with E-state index in [-0.39, 0.29) is 24.6 Å². The zero-order valence-corrected chi connectivity index (χ0v) is 22.6. The minimum Gasteiger partial charge on any atom is -0.497 e. The molecule has 7 heteroatoms. The third-order valence-corrected chi connectivity index (χ3v) is 10.1. The van der Waals surface area contributed by atoms with E-state index < -0.39 is 10.0 Å². The summed E-state index contributed by atoms with van der Waals surface area (Å²) < 4.78 is 34.4. The van der Waals surface area contributed by atoms with Crippen molar-refractivity contribution in [3.8, 4) is 16.9 Å². The molecule has 2 heterocycles. The van der Waals surface area contributed by atoms with Crippen molar-refractivity contribution in [2.24, 2.45) is 0 Å². The fourth-order valence-electron chi connectivity index (χ4n) is 6.08. The van der Waals surface area contributed by atoms with Gasteiger partial charge in [0.2, 0.25) is 10.0 Å². The van der Waals surface area contributed by atoms with Gasteiger partial charge in [0.1, 0.15) is 5.75 Å². The molecule has 0 saturated carbocycles. The molecule has 1 N–H and O–H groups in total. The molecule has 2 unspecified atom stereocenters. The topological polar surface area (TPSA) is 70.1 Å². The molecule has 0 bridgehead atoms. The number of hydrogen-bond acceptors (Lipinski definition) is 5. The van der Waals surface area contributed by atoms with Gasteiger partial charge < -0.3 is 9.84 Å². The summed E-state index contributed by atoms with van der Waals surface area (Å²) in [4.78, 5) is 2.70. The van der Waals surface area contributed by atoms with Crippen LogP contribution in [0.3, 0.4) is 0 Å². The van der Waals surface area contributed by atoms with Crippen molar-refractivity contribution >= 4 is 10.0 Å². The van der Waals surface area contributed by atoms with E-state index in [1.807, 2.05) is 31.2 Å². The van der Waals surface area contributed by atoms with Crippen LogP contribution in [0.1, 0.15) is 35.4 Å². The second-order valence-corrected chi connectivity index (χ2v) is 12.1. The Morgan fingerprint density at radius 3 is 2.35 bits per heavy atom. The summed E-state index contributed by atoms with van der Waals surface area (Å²) in [5.41, 5.74) is 5.34. The quantitative estimate of drug-likeness (QED) is 0.515. The standard InChI is InChI=1S/C30H36N2O4S/c1-21-8-4-5-9-29(21)37(34,35)31-16-6-7-17-32-27(19-31)30(28(32)20-33)24-12-10-23(11-13-24)26-15-14-25(36-3)18-22(26)2/h4-5,8-15,18,27-28,30,33H,6-7,16-17,19-20H2,1-3H3/t27-,28?,30?/m0/s1. The smallest absolute Gasteiger partial charge is 0.243 e. The van der Waals surface area contributed by atoms with Gasteiger partial charge in [-0.3, -0.25) is 4.90 Å². The fourth-order valence-corrected chi connectivity index (χ4v) is 7.81. The van der Waals surface area contributed by atoms with Crippen LogP contribution in [-0.2, 0) is 10.0 Å². The van der Waals surface area contributed by atoms with E-state index in [2.05, 4.69) is 42.2 Å². The van der Waals surface area contributed by atoms with Crippen molar-refractivity contribution in [1.29, 1.82) is 0 Å². The van der Waals surface area contributed by atoms with Crippen LogP contribution in [0.25, 0.3) is 11.1 Å². The van der Waals surface area contributed by atoms with Crippen LogP contribution in [0, 0.1) is 13.8 Å². The van der Waals surface area contributed by atoms with Crippen LogP contribution >= 0.6 is 0 Å². The van der Waals surface area contributed by atoms with Gasteiger partial charge in [0, 0.05) is 31.1 Å². The second kappa shape index (κ2) is 10.6. The molecule has 2 aliphatic rings. The molecule has 2 fully saturated rings. The van der Waals surface area contributed by atoms with Gasteiger partial charge >= 0.3 is 0 Å². The highest BCUT2D eigenvalue weighted by Crippen LogP contribution is 2.43. The third-order valence-electron chi connectivity index (χ3n) is 8.08. The van der Waals surface area contributed by atoms with E-state index in [0.29, 0.717) is 18.0 Å². The van der Waals surface area contributed by atoms with Crippen molar-refractivity contribution in [3.05, 3.63) is 83.4 Å². The molecule has 3 atom stereocenters. The molecule has 37 heavy (non-hydrogen) atoms. The maximum atomic E-state index is 13.7. The number of ether oxygens (including phenoxy) is 1. The molecular formula is C30H36N2O4S. The van der Waals surface area contributed by atoms with Gasteiger partial charge in [-0.25, -0.2) is 8.42 Å². The monoisotopic (exact) mass is 520 g/mol. The highest BCUT2D eigenvalue weighted by Gasteiger charge is 2.50. The van der Waals surface area contributed by atoms with E-state index in [1.54, 1.807) is 23.5 Å². The number of fused-ring (bicyclic) bond motifs is 1. The molecule has 0 aromatic heterocycles. The molecule has 2 aliphatic heterocycles. The summed E-state index contributed by atoms with van der Waals surface area (Å²) in [5, 5.41) is 10.3. The van der Waals surface area contributed by atoms with Crippen LogP contribution in [0.4, 0.5) is 0 Å². The Kier molecular flexibility index (Phi) is 7.41. The summed E-state index contributed by atoms with van der Waals surface area (Å²) in [6.45, 7) is 5.82. The Bertz CT molecular complexity index is 1360. The first-order valence-electron chi connectivity index (χ1n) is 13.0. The van der Waals surface area contributed by atoms with E-state index in [0.717, 1.165) is 53.0 Å². The zero-order valence-electron chi connectivity index (χ0n) is 21.8. The minimum atomic E-state index is -3.60. The normalized spacial score (nSPS) is 23.0. The van der Waals surface area contributed by atoms with Gasteiger partial charge in [-0.2, -0.15) is 4.31 Å². The lowest BCUT2D eigenvalue weighted by Crippen LogP contribution is -2.67.